The van der Waals surface area contributed by atoms with Crippen molar-refractivity contribution >= 4 is 196 Å². The molecule has 5 aromatic carbocycles. The summed E-state index contributed by atoms with van der Waals surface area (Å²) in [6, 6.07) is 39.3. The molecule has 7 heteroatoms. The number of fused-ring (bicyclic) bond motifs is 6. The molecule has 0 radical (unpaired) electrons. The van der Waals surface area contributed by atoms with Crippen molar-refractivity contribution in [2.45, 2.75) is 0 Å². The van der Waals surface area contributed by atoms with E-state index in [4.69, 9.17) is 0 Å². The molecule has 0 spiro atoms. The van der Waals surface area contributed by atoms with Gasteiger partial charge in [-0.3, -0.25) is 0 Å². The quantitative estimate of drug-likeness (QED) is 0.166. The first-order valence-corrected chi connectivity index (χ1v) is 46.6. The van der Waals surface area contributed by atoms with Crippen LogP contribution in [0.3, 0.4) is 0 Å². The molecule has 2 heterocycles. The minimum atomic E-state index is 1.17. The molecule has 0 fully saturated rings. The molecule has 7 aromatic rings. The Bertz CT molecular complexity index is 1840. The van der Waals surface area contributed by atoms with Gasteiger partial charge in [0.25, 0.3) is 0 Å². The van der Waals surface area contributed by atoms with E-state index in [1.807, 2.05) is 11.3 Å². The van der Waals surface area contributed by atoms with Crippen molar-refractivity contribution in [3.05, 3.63) is 114 Å². The monoisotopic (exact) mass is 659 g/mol. The second-order valence-corrected chi connectivity index (χ2v) is 10.2. The average molecular weight is 661 g/mol. The van der Waals surface area contributed by atoms with E-state index < -0.39 is 0 Å². The van der Waals surface area contributed by atoms with Gasteiger partial charge in [0, 0.05) is 41.1 Å². The second kappa shape index (κ2) is 15.2. The molecule has 0 bridgehead atoms. The first-order chi connectivity index (χ1) is 18.3. The number of para-hydroxylation sites is 2. The molecule has 0 N–H and O–H groups in total. The van der Waals surface area contributed by atoms with Gasteiger partial charge in [-0.1, -0.05) is 66.7 Å². The summed E-state index contributed by atoms with van der Waals surface area (Å²) < 4.78 is 6.17. The Hall–Kier alpha value is 3.15. The molecule has 37 heavy (non-hydrogen) atoms. The summed E-state index contributed by atoms with van der Waals surface area (Å²) in [7, 11) is 0. The molecule has 0 unspecified atom stereocenters. The van der Waals surface area contributed by atoms with Crippen molar-refractivity contribution in [2.75, 3.05) is 0 Å². The van der Waals surface area contributed by atoms with E-state index in [1.165, 1.54) is 190 Å². The maximum atomic E-state index is 3.98. The summed E-state index contributed by atoms with van der Waals surface area (Å²) in [6.45, 7) is 0. The van der Waals surface area contributed by atoms with E-state index in [0.29, 0.717) is 0 Å². The molecule has 0 aliphatic carbocycles. The Balaban J connectivity index is 0.000000670. The van der Waals surface area contributed by atoms with Gasteiger partial charge in [0.05, 0.1) is 11.0 Å². The van der Waals surface area contributed by atoms with Crippen molar-refractivity contribution in [2.24, 2.45) is 0 Å². The second-order valence-electron chi connectivity index (χ2n) is 8.32. The molecule has 0 saturated carbocycles. The van der Waals surface area contributed by atoms with Crippen molar-refractivity contribution < 1.29 is 0 Å². The van der Waals surface area contributed by atoms with Gasteiger partial charge in [0.15, 0.2) is 0 Å². The number of hydrogen-bond donors (Lipinski definition) is 0. The van der Waals surface area contributed by atoms with Gasteiger partial charge < -0.3 is 4.57 Å². The third-order valence-electron chi connectivity index (χ3n) is 6.48. The number of hydrogen-bond acceptors (Lipinski definition) is 1. The summed E-state index contributed by atoms with van der Waals surface area (Å²) in [4.78, 5) is 0. The van der Waals surface area contributed by atoms with E-state index in [1.54, 1.807) is 0 Å². The van der Waals surface area contributed by atoms with Gasteiger partial charge in [0.1, 0.15) is 0 Å². The predicted molar refractivity (Wildman–Crippen MR) is 170 cm³/mol. The van der Waals surface area contributed by atoms with Crippen LogP contribution in [0.1, 0.15) is 0 Å². The standard InChI is InChI=1S/C30H18BrNS.4K/c31-30-21(15-17-28-29(30)23-11-5-7-13-27(23)33-28)19-14-16-26-24(18-19)22-10-4-6-12-25(22)32(26)20-8-2-1-3-9-20;;;;/h1-18H;;;;. The van der Waals surface area contributed by atoms with Gasteiger partial charge in [-0.2, -0.15) is 0 Å². The minimum absolute atomic E-state index is 1.17. The summed E-state index contributed by atoms with van der Waals surface area (Å²) in [5.74, 6) is 0. The van der Waals surface area contributed by atoms with E-state index in [9.17, 15) is 0 Å². The van der Waals surface area contributed by atoms with Crippen LogP contribution < -0.4 is 0 Å². The Morgan fingerprint density at radius 1 is 0.568 bits per heavy atom. The van der Waals surface area contributed by atoms with Gasteiger partial charge in [-0.15, -0.1) is 11.3 Å². The van der Waals surface area contributed by atoms with Crippen molar-refractivity contribution in [3.63, 3.8) is 0 Å². The fraction of sp³-hybridized carbons (Fsp3) is 0. The average Bonchev–Trinajstić information content (AvgIpc) is 3.52. The van der Waals surface area contributed by atoms with Crippen LogP contribution in [-0.2, 0) is 0 Å². The molecule has 0 aliphatic rings. The molecule has 2 aromatic heterocycles. The molecule has 0 saturated heterocycles. The molecular formula is C30H18BrK4NS. The zero-order valence-corrected chi connectivity index (χ0v) is 36.5. The van der Waals surface area contributed by atoms with Gasteiger partial charge in [-0.25, -0.2) is 0 Å². The number of halogens is 1. The predicted octanol–water partition coefficient (Wildman–Crippen LogP) is 8.06. The molecular weight excluding hydrogens is 643 g/mol. The Labute approximate surface area is 320 Å². The zero-order chi connectivity index (χ0) is 25.9. The van der Waals surface area contributed by atoms with E-state index >= 15 is 0 Å². The zero-order valence-electron chi connectivity index (χ0n) is 21.6. The maximum absolute atomic E-state index is 3.98. The molecule has 0 aliphatic heterocycles. The molecule has 0 amide bonds. The van der Waals surface area contributed by atoms with Crippen LogP contribution in [0.5, 0.6) is 0 Å². The van der Waals surface area contributed by atoms with Crippen molar-refractivity contribution in [1.29, 1.82) is 0 Å². The topological polar surface area (TPSA) is 4.93 Å². The molecule has 160 valence electrons. The number of thiophene rings is 1. The molecule has 7 rings (SSSR count). The first kappa shape index (κ1) is 31.6. The summed E-state index contributed by atoms with van der Waals surface area (Å²) in [5.41, 5.74) is 6.09. The van der Waals surface area contributed by atoms with E-state index in [-0.39, 0.29) is 0 Å². The van der Waals surface area contributed by atoms with E-state index in [0.717, 1.165) is 0 Å². The van der Waals surface area contributed by atoms with Crippen molar-refractivity contribution in [3.8, 4) is 16.8 Å². The van der Waals surface area contributed by atoms with Crippen LogP contribution in [0.4, 0.5) is 0 Å². The summed E-state index contributed by atoms with van der Waals surface area (Å²) in [5, 5.41) is 5.17. The Morgan fingerprint density at radius 2 is 1.22 bits per heavy atom. The van der Waals surface area contributed by atoms with Crippen LogP contribution in [0.25, 0.3) is 58.8 Å². The van der Waals surface area contributed by atoms with Gasteiger partial charge >= 0.3 is 126 Å². The van der Waals surface area contributed by atoms with Gasteiger partial charge in [-0.05, 0) is 69.5 Å². The van der Waals surface area contributed by atoms with Crippen LogP contribution in [-0.4, -0.2) is 131 Å². The van der Waals surface area contributed by atoms with Crippen LogP contribution >= 0.6 is 27.3 Å². The van der Waals surface area contributed by atoms with Crippen LogP contribution in [0, 0.1) is 0 Å². The van der Waals surface area contributed by atoms with E-state index in [2.05, 4.69) is 130 Å². The molecule has 1 nitrogen and oxygen atoms in total. The van der Waals surface area contributed by atoms with Crippen LogP contribution in [0.2, 0.25) is 0 Å². The number of rotatable bonds is 2. The number of aromatic nitrogens is 1. The van der Waals surface area contributed by atoms with Gasteiger partial charge in [0.2, 0.25) is 0 Å². The van der Waals surface area contributed by atoms with Crippen molar-refractivity contribution in [1.82, 2.24) is 4.57 Å². The Kier molecular flexibility index (Phi) is 13.0. The Morgan fingerprint density at radius 3 is 2.00 bits per heavy atom. The van der Waals surface area contributed by atoms with Crippen LogP contribution in [0.15, 0.2) is 114 Å². The molecule has 0 atom stereocenters. The third kappa shape index (κ3) is 6.50. The fourth-order valence-electron chi connectivity index (χ4n) is 4.99. The normalized spacial score (nSPS) is 10.9. The third-order valence-corrected chi connectivity index (χ3v) is 8.44. The fourth-order valence-corrected chi connectivity index (χ4v) is 7.03. The first-order valence-electron chi connectivity index (χ1n) is 13.0. The summed E-state index contributed by atoms with van der Waals surface area (Å²) in [6.07, 6.45) is 0. The number of benzene rings is 5. The number of nitrogens with zero attached hydrogens (tertiary/aromatic N) is 1. The SMILES string of the molecule is Brc1c(-c2ccc3c(c2)c2ccccc2n3-c2ccccc2)ccc2sc3ccccc3c12.[K][K].[K][K]. The summed E-state index contributed by atoms with van der Waals surface area (Å²) >= 11 is 10.8.